The van der Waals surface area contributed by atoms with Gasteiger partial charge in [-0.25, -0.2) is 4.68 Å². The smallest absolute Gasteiger partial charge is 0.313 e. The number of carbonyl (C=O) groups is 3. The van der Waals surface area contributed by atoms with E-state index in [0.29, 0.717) is 24.7 Å². The molecular weight excluding hydrogens is 595 g/mol. The molecule has 3 aliphatic rings. The maximum atomic E-state index is 13.3. The van der Waals surface area contributed by atoms with Gasteiger partial charge in [0.25, 0.3) is 5.91 Å². The van der Waals surface area contributed by atoms with E-state index in [1.807, 2.05) is 12.2 Å². The van der Waals surface area contributed by atoms with Gasteiger partial charge in [0, 0.05) is 36.1 Å². The highest BCUT2D eigenvalue weighted by molar-refractivity contribution is 8.00. The number of allylic oxidation sites excluding steroid dienone is 1. The van der Waals surface area contributed by atoms with Crippen molar-refractivity contribution in [3.63, 3.8) is 0 Å². The molecule has 6 N–H and O–H groups in total. The molecule has 4 atom stereocenters. The van der Waals surface area contributed by atoms with Gasteiger partial charge in [-0.05, 0) is 48.7 Å². The van der Waals surface area contributed by atoms with Crippen LogP contribution in [0.4, 0.5) is 5.13 Å². The molecule has 2 fully saturated rings. The van der Waals surface area contributed by atoms with Crippen LogP contribution in [0.2, 0.25) is 0 Å². The van der Waals surface area contributed by atoms with Crippen LogP contribution in [-0.4, -0.2) is 105 Å². The number of aryl methyl sites for hydroxylation is 1. The average molecular weight is 624 g/mol. The van der Waals surface area contributed by atoms with Crippen LogP contribution in [0.25, 0.3) is 0 Å². The van der Waals surface area contributed by atoms with Crippen LogP contribution in [0.1, 0.15) is 31.5 Å². The van der Waals surface area contributed by atoms with Crippen LogP contribution >= 0.6 is 35.1 Å². The number of oxime groups is 1. The molecule has 220 valence electrons. The highest BCUT2D eigenvalue weighted by Gasteiger charge is 2.57. The number of hydrogen-bond donors (Lipinski definition) is 4. The minimum absolute atomic E-state index is 0.000404. The Kier molecular flexibility index (Phi) is 9.05. The molecular formula is C22H29N11O5S3. The van der Waals surface area contributed by atoms with Gasteiger partial charge >= 0.3 is 5.97 Å². The zero-order chi connectivity index (χ0) is 29.0. The number of β-lactam (4-membered cyclic amide) rings is 1. The number of thioether (sulfide) groups is 2. The molecule has 0 spiro atoms. The first-order valence-electron chi connectivity index (χ1n) is 12.9. The summed E-state index contributed by atoms with van der Waals surface area (Å²) in [6.45, 7) is 0.985. The van der Waals surface area contributed by atoms with E-state index in [2.05, 4.69) is 35.4 Å². The number of hydrogen-bond acceptors (Lipinski definition) is 15. The van der Waals surface area contributed by atoms with Gasteiger partial charge in [-0.2, -0.15) is 9.36 Å². The lowest BCUT2D eigenvalue weighted by Gasteiger charge is -2.53. The van der Waals surface area contributed by atoms with Gasteiger partial charge in [0.1, 0.15) is 22.9 Å². The van der Waals surface area contributed by atoms with Crippen molar-refractivity contribution in [1.82, 2.24) is 39.8 Å². The summed E-state index contributed by atoms with van der Waals surface area (Å²) in [5.74, 6) is -1.71. The van der Waals surface area contributed by atoms with Crippen LogP contribution in [0.15, 0.2) is 22.5 Å². The number of aromatic nitrogens is 6. The minimum Gasteiger partial charge on any atom is -0.481 e. The van der Waals surface area contributed by atoms with Gasteiger partial charge in [0.05, 0.1) is 0 Å². The molecule has 2 aromatic heterocycles. The second-order valence-electron chi connectivity index (χ2n) is 9.72. The van der Waals surface area contributed by atoms with Gasteiger partial charge in [0.2, 0.25) is 22.6 Å². The van der Waals surface area contributed by atoms with Crippen LogP contribution in [-0.2, 0) is 25.8 Å². The standard InChI is InChI=1S/C22H29N11O5S3/c23-7-4-8-33-21(27-30-31-33)40-11-22(19(36)37)9-32-17(35)14(18(32)39-10-22)25-16(34)13(15-26-20(24)41-29-15)28-38-12-5-2-1-3-6-12/h2,5,12,14,18H,1,3-4,6-11,23H2,(H,25,34)(H,36,37)(H2,24,26,29)/t12?,14?,18-,22?/m1/s1. The summed E-state index contributed by atoms with van der Waals surface area (Å²) in [6.07, 6.45) is 6.90. The fraction of sp³-hybridized carbons (Fsp3) is 0.591. The first kappa shape index (κ1) is 29.2. The predicted octanol–water partition coefficient (Wildman–Crippen LogP) is -0.452. The van der Waals surface area contributed by atoms with E-state index in [-0.39, 0.29) is 46.7 Å². The highest BCUT2D eigenvalue weighted by atomic mass is 32.2. The monoisotopic (exact) mass is 623 g/mol. The Morgan fingerprint density at radius 3 is 2.95 bits per heavy atom. The van der Waals surface area contributed by atoms with Gasteiger partial charge in [-0.1, -0.05) is 23.0 Å². The minimum atomic E-state index is -1.23. The molecule has 2 saturated heterocycles. The van der Waals surface area contributed by atoms with Crippen molar-refractivity contribution in [3.8, 4) is 0 Å². The van der Waals surface area contributed by atoms with E-state index < -0.39 is 28.7 Å². The topological polar surface area (TPSA) is 230 Å². The molecule has 4 heterocycles. The molecule has 0 aromatic carbocycles. The molecule has 19 heteroatoms. The maximum Gasteiger partial charge on any atom is 0.313 e. The summed E-state index contributed by atoms with van der Waals surface area (Å²) >= 11 is 3.43. The Hall–Kier alpha value is -3.29. The number of anilines is 1. The fourth-order valence-corrected chi connectivity index (χ4v) is 7.70. The van der Waals surface area contributed by atoms with Gasteiger partial charge in [-0.15, -0.1) is 16.9 Å². The number of tetrazole rings is 1. The molecule has 0 bridgehead atoms. The molecule has 1 aliphatic carbocycles. The largest absolute Gasteiger partial charge is 0.481 e. The molecule has 5 rings (SSSR count). The molecule has 0 radical (unpaired) electrons. The maximum absolute atomic E-state index is 13.3. The molecule has 0 saturated carbocycles. The number of carbonyl (C=O) groups excluding carboxylic acids is 2. The van der Waals surface area contributed by atoms with E-state index in [4.69, 9.17) is 16.3 Å². The lowest BCUT2D eigenvalue weighted by molar-refractivity contribution is -0.157. The van der Waals surface area contributed by atoms with Crippen molar-refractivity contribution in [3.05, 3.63) is 18.0 Å². The van der Waals surface area contributed by atoms with Crippen molar-refractivity contribution >= 4 is 63.7 Å². The number of nitrogens with one attached hydrogen (secondary N) is 1. The molecule has 2 aromatic rings. The van der Waals surface area contributed by atoms with E-state index in [0.717, 1.165) is 30.8 Å². The summed E-state index contributed by atoms with van der Waals surface area (Å²) in [4.78, 5) is 49.9. The molecule has 2 aliphatic heterocycles. The number of carboxylic acids is 1. The fourth-order valence-electron chi connectivity index (χ4n) is 4.50. The first-order chi connectivity index (χ1) is 19.8. The summed E-state index contributed by atoms with van der Waals surface area (Å²) in [7, 11) is 0. The Labute approximate surface area is 246 Å². The van der Waals surface area contributed by atoms with E-state index in [9.17, 15) is 19.5 Å². The highest BCUT2D eigenvalue weighted by Crippen LogP contribution is 2.44. The number of nitrogens with two attached hydrogens (primary N) is 2. The SMILES string of the molecule is NCCCn1nnnc1SCC1(C(=O)O)CS[C@@H]2C(NC(=O)C(=NOC3C=CCCC3)c3nsc(N)n3)C(=O)N2C1. The number of nitrogen functional groups attached to an aromatic ring is 1. The Balaban J connectivity index is 1.24. The lowest BCUT2D eigenvalue weighted by atomic mass is 9.89. The Bertz CT molecular complexity index is 1350. The summed E-state index contributed by atoms with van der Waals surface area (Å²) in [6, 6.07) is -0.869. The number of carboxylic acid groups (broad SMARTS) is 1. The summed E-state index contributed by atoms with van der Waals surface area (Å²) in [5, 5.41) is 28.7. The number of rotatable bonds is 12. The third-order valence-corrected chi connectivity index (χ3v) is 10.2. The number of aliphatic carboxylic acids is 1. The molecule has 2 amide bonds. The van der Waals surface area contributed by atoms with Crippen LogP contribution in [0.5, 0.6) is 0 Å². The van der Waals surface area contributed by atoms with Crippen molar-refractivity contribution in [2.75, 3.05) is 30.3 Å². The Morgan fingerprint density at radius 1 is 1.39 bits per heavy atom. The van der Waals surface area contributed by atoms with E-state index >= 15 is 0 Å². The number of amides is 2. The van der Waals surface area contributed by atoms with E-state index in [1.54, 1.807) is 4.68 Å². The molecule has 3 unspecified atom stereocenters. The van der Waals surface area contributed by atoms with Gasteiger partial charge < -0.3 is 31.6 Å². The third kappa shape index (κ3) is 6.31. The van der Waals surface area contributed by atoms with Crippen LogP contribution < -0.4 is 16.8 Å². The Morgan fingerprint density at radius 2 is 2.24 bits per heavy atom. The number of nitrogens with zero attached hydrogens (tertiary/aromatic N) is 8. The predicted molar refractivity (Wildman–Crippen MR) is 151 cm³/mol. The zero-order valence-corrected chi connectivity index (χ0v) is 24.2. The van der Waals surface area contributed by atoms with Crippen molar-refractivity contribution in [1.29, 1.82) is 0 Å². The summed E-state index contributed by atoms with van der Waals surface area (Å²) < 4.78 is 5.67. The molecule has 16 nitrogen and oxygen atoms in total. The van der Waals surface area contributed by atoms with Crippen molar-refractivity contribution in [2.24, 2.45) is 16.3 Å². The van der Waals surface area contributed by atoms with Gasteiger partial charge in [0.15, 0.2) is 5.13 Å². The number of fused-ring (bicyclic) bond motifs is 1. The first-order valence-corrected chi connectivity index (χ1v) is 15.7. The van der Waals surface area contributed by atoms with Crippen LogP contribution in [0.3, 0.4) is 0 Å². The third-order valence-electron chi connectivity index (χ3n) is 6.79. The van der Waals surface area contributed by atoms with Crippen LogP contribution in [0, 0.1) is 5.41 Å². The van der Waals surface area contributed by atoms with Crippen molar-refractivity contribution < 1.29 is 24.3 Å². The normalized spacial score (nSPS) is 25.9. The second kappa shape index (κ2) is 12.7. The van der Waals surface area contributed by atoms with Crippen molar-refractivity contribution in [2.45, 2.75) is 54.9 Å². The quantitative estimate of drug-likeness (QED) is 0.0771. The second-order valence-corrected chi connectivity index (χ2v) is 12.5. The average Bonchev–Trinajstić information content (AvgIpc) is 3.62. The molecule has 41 heavy (non-hydrogen) atoms. The zero-order valence-electron chi connectivity index (χ0n) is 21.8. The lowest BCUT2D eigenvalue weighted by Crippen LogP contribution is -2.74. The van der Waals surface area contributed by atoms with Gasteiger partial charge in [-0.3, -0.25) is 14.4 Å². The summed E-state index contributed by atoms with van der Waals surface area (Å²) in [5.41, 5.74) is 9.87. The van der Waals surface area contributed by atoms with E-state index in [1.165, 1.54) is 28.4 Å².